The van der Waals surface area contributed by atoms with Crippen molar-refractivity contribution < 1.29 is 43.1 Å². The van der Waals surface area contributed by atoms with E-state index in [0.717, 1.165) is 56.2 Å². The van der Waals surface area contributed by atoms with E-state index < -0.39 is 6.95 Å². The molecule has 0 aromatic heterocycles. The molecule has 8 aromatic rings. The average molecular weight is 1190 g/mol. The summed E-state index contributed by atoms with van der Waals surface area (Å²) in [4.78, 5) is 0. The fourth-order valence-electron chi connectivity index (χ4n) is 6.17. The molecule has 0 aliphatic rings. The number of para-hydroxylation sites is 8. The summed E-state index contributed by atoms with van der Waals surface area (Å²) in [7, 11) is 5.05. The van der Waals surface area contributed by atoms with Crippen molar-refractivity contribution >= 4 is 18.2 Å². The first-order valence-electron chi connectivity index (χ1n) is 28.7. The molecule has 0 aliphatic carbocycles. The Morgan fingerprint density at radius 3 is 0.607 bits per heavy atom. The van der Waals surface area contributed by atoms with Crippen molar-refractivity contribution in [1.29, 1.82) is 0 Å². The molecule has 0 fully saturated rings. The maximum absolute atomic E-state index is 12.5. The molecule has 8 rings (SSSR count). The minimum Gasteiger partial charge on any atom is -0.508 e. The lowest BCUT2D eigenvalue weighted by atomic mass is 10.1. The van der Waals surface area contributed by atoms with Crippen LogP contribution in [-0.2, 0) is 4.57 Å². The predicted octanol–water partition coefficient (Wildman–Crippen LogP) is 22.5. The van der Waals surface area contributed by atoms with Gasteiger partial charge in [0, 0.05) is 11.2 Å². The van der Waals surface area contributed by atoms with Crippen molar-refractivity contribution in [3.63, 3.8) is 0 Å². The van der Waals surface area contributed by atoms with Crippen molar-refractivity contribution in [2.45, 2.75) is 150 Å². The van der Waals surface area contributed by atoms with E-state index in [1.54, 1.807) is 39.5 Å². The molecule has 3 N–H and O–H groups in total. The van der Waals surface area contributed by atoms with Gasteiger partial charge in [-0.05, 0) is 161 Å². The van der Waals surface area contributed by atoms with Gasteiger partial charge in [-0.25, -0.2) is 4.57 Å². The number of aromatic hydroxyl groups is 3. The summed E-state index contributed by atoms with van der Waals surface area (Å²) in [6.45, 7) is 32.4. The molecule has 84 heavy (non-hydrogen) atoms. The highest BCUT2D eigenvalue weighted by atomic mass is 35.7. The maximum atomic E-state index is 12.5. The maximum Gasteiger partial charge on any atom is 0.530 e. The van der Waals surface area contributed by atoms with Crippen molar-refractivity contribution in [3.8, 4) is 46.0 Å². The van der Waals surface area contributed by atoms with Crippen molar-refractivity contribution in [3.05, 3.63) is 238 Å². The molecular weight excluding hydrogens is 1090 g/mol. The minimum absolute atomic E-state index is 0.368. The van der Waals surface area contributed by atoms with Gasteiger partial charge in [-0.2, -0.15) is 0 Å². The number of halogens is 1. The normalized spacial score (nSPS) is 9.21. The van der Waals surface area contributed by atoms with E-state index >= 15 is 0 Å². The number of aryl methyl sites for hydroxylation is 10. The number of hydrogen-bond acceptors (Lipinski definition) is 9. The Bertz CT molecular complexity index is 2580. The number of methoxy groups -OCH3 is 3. The Hall–Kier alpha value is -7.32. The van der Waals surface area contributed by atoms with Gasteiger partial charge in [0.2, 0.25) is 0 Å². The van der Waals surface area contributed by atoms with Gasteiger partial charge < -0.3 is 38.6 Å². The largest absolute Gasteiger partial charge is 0.530 e. The molecule has 0 heterocycles. The van der Waals surface area contributed by atoms with Crippen LogP contribution >= 0.6 is 18.2 Å². The van der Waals surface area contributed by atoms with Crippen LogP contribution in [-0.4, -0.2) is 36.6 Å². The quantitative estimate of drug-likeness (QED) is 0.134. The molecule has 0 saturated carbocycles. The van der Waals surface area contributed by atoms with E-state index in [1.165, 1.54) is 42.4 Å². The highest BCUT2D eigenvalue weighted by Crippen LogP contribution is 2.55. The molecule has 0 bridgehead atoms. The molecule has 11 heteroatoms. The third kappa shape index (κ3) is 38.5. The van der Waals surface area contributed by atoms with Gasteiger partial charge in [-0.15, -0.1) is 0 Å². The van der Waals surface area contributed by atoms with Crippen LogP contribution in [0.2, 0.25) is 0 Å². The molecule has 0 amide bonds. The zero-order chi connectivity index (χ0) is 64.5. The number of phenols is 3. The molecule has 0 radical (unpaired) electrons. The van der Waals surface area contributed by atoms with E-state index in [9.17, 15) is 4.57 Å². The van der Waals surface area contributed by atoms with Crippen LogP contribution in [0.3, 0.4) is 0 Å². The first-order valence-corrected chi connectivity index (χ1v) is 31.2. The van der Waals surface area contributed by atoms with Crippen molar-refractivity contribution in [2.24, 2.45) is 0 Å². The standard InChI is InChI=1S/C16H18ClO3P.3C8H10O.3C7H8O.4C3H8/c1-11-7-5-8-12(2)15(11)19-21(17,18)20-16-13(3)9-6-10-14(16)4;3*1-7-5-3-4-6-8(7)9-2;3*1-6-4-2-3-5-7(6)8;4*1-3-2/h5-10H,1-4H3;3*3-6H,1-2H3;3*2-5,8H,1H3;4*3H2,1-2H3. The fourth-order valence-corrected chi connectivity index (χ4v) is 7.63. The lowest BCUT2D eigenvalue weighted by molar-refractivity contribution is 0.401. The van der Waals surface area contributed by atoms with E-state index in [2.05, 4.69) is 55.4 Å². The summed E-state index contributed by atoms with van der Waals surface area (Å²) >= 11 is 6.00. The molecule has 0 spiro atoms. The first kappa shape index (κ1) is 80.9. The molecular formula is C73H104ClO9P. The second-order valence-corrected chi connectivity index (χ2v) is 21.6. The number of benzene rings is 8. The molecule has 0 saturated heterocycles. The summed E-state index contributed by atoms with van der Waals surface area (Å²) in [5.74, 6) is 4.98. The van der Waals surface area contributed by atoms with Crippen LogP contribution in [0.1, 0.15) is 137 Å². The molecule has 462 valence electrons. The second kappa shape index (κ2) is 50.2. The van der Waals surface area contributed by atoms with Crippen LogP contribution in [0, 0.1) is 69.2 Å². The minimum atomic E-state index is -3.77. The van der Waals surface area contributed by atoms with Crippen LogP contribution in [0.5, 0.6) is 46.0 Å². The number of ether oxygens (including phenoxy) is 3. The zero-order valence-electron chi connectivity index (χ0n) is 54.8. The SMILES string of the molecule is CCC.CCC.CCC.CCC.COc1ccccc1C.COc1ccccc1C.COc1ccccc1C.Cc1cccc(C)c1OP(=O)(Cl)Oc1c(C)cccc1C.Cc1ccccc1O.Cc1ccccc1O.Cc1ccccc1O. The molecule has 0 unspecified atom stereocenters. The van der Waals surface area contributed by atoms with E-state index in [0.29, 0.717) is 28.7 Å². The summed E-state index contributed by atoms with van der Waals surface area (Å²) in [5, 5.41) is 26.8. The molecule has 0 aliphatic heterocycles. The Balaban J connectivity index is -0.000000910. The number of hydrogen-bond donors (Lipinski definition) is 3. The Morgan fingerprint density at radius 2 is 0.464 bits per heavy atom. The monoisotopic (exact) mass is 1190 g/mol. The Kier molecular flexibility index (Phi) is 48.4. The number of rotatable bonds is 7. The van der Waals surface area contributed by atoms with Crippen LogP contribution in [0.25, 0.3) is 0 Å². The van der Waals surface area contributed by atoms with Crippen LogP contribution < -0.4 is 23.3 Å². The van der Waals surface area contributed by atoms with Gasteiger partial charge in [-0.1, -0.05) is 227 Å². The predicted molar refractivity (Wildman–Crippen MR) is 362 cm³/mol. The summed E-state index contributed by atoms with van der Waals surface area (Å²) in [6.07, 6.45) is 5.00. The van der Waals surface area contributed by atoms with Gasteiger partial charge in [0.25, 0.3) is 0 Å². The van der Waals surface area contributed by atoms with Gasteiger partial charge in [0.15, 0.2) is 0 Å². The van der Waals surface area contributed by atoms with E-state index in [4.69, 9.17) is 49.8 Å². The van der Waals surface area contributed by atoms with E-state index in [-0.39, 0.29) is 0 Å². The molecule has 9 nitrogen and oxygen atoms in total. The molecule has 0 atom stereocenters. The zero-order valence-corrected chi connectivity index (χ0v) is 56.4. The topological polar surface area (TPSA) is 124 Å². The summed E-state index contributed by atoms with van der Waals surface area (Å²) in [6, 6.07) is 56.9. The van der Waals surface area contributed by atoms with E-state index in [1.807, 2.05) is 233 Å². The van der Waals surface area contributed by atoms with Crippen LogP contribution in [0.15, 0.2) is 182 Å². The first-order chi connectivity index (χ1) is 39.9. The van der Waals surface area contributed by atoms with Gasteiger partial charge in [0.05, 0.1) is 21.3 Å². The Labute approximate surface area is 514 Å². The summed E-state index contributed by atoms with van der Waals surface area (Å²) in [5.41, 5.74) is 9.76. The highest BCUT2D eigenvalue weighted by Gasteiger charge is 2.28. The second-order valence-electron chi connectivity index (χ2n) is 19.2. The van der Waals surface area contributed by atoms with Gasteiger partial charge in [-0.3, -0.25) is 0 Å². The van der Waals surface area contributed by atoms with Gasteiger partial charge >= 0.3 is 6.95 Å². The van der Waals surface area contributed by atoms with Crippen molar-refractivity contribution in [1.82, 2.24) is 0 Å². The lowest BCUT2D eigenvalue weighted by Gasteiger charge is -2.18. The lowest BCUT2D eigenvalue weighted by Crippen LogP contribution is -2.00. The Morgan fingerprint density at radius 1 is 0.298 bits per heavy atom. The van der Waals surface area contributed by atoms with Crippen LogP contribution in [0.4, 0.5) is 0 Å². The number of phenolic OH excluding ortho intramolecular Hbond substituents is 3. The smallest absolute Gasteiger partial charge is 0.508 e. The fraction of sp³-hybridized carbons (Fsp3) is 0.342. The third-order valence-electron chi connectivity index (χ3n) is 10.5. The average Bonchev–Trinajstić information content (AvgIpc) is 3.60. The third-order valence-corrected chi connectivity index (χ3v) is 11.7. The van der Waals surface area contributed by atoms with Gasteiger partial charge in [0.1, 0.15) is 46.0 Å². The van der Waals surface area contributed by atoms with Crippen molar-refractivity contribution in [2.75, 3.05) is 21.3 Å². The summed E-state index contributed by atoms with van der Waals surface area (Å²) < 4.78 is 38.6. The molecule has 8 aromatic carbocycles. The highest BCUT2D eigenvalue weighted by molar-refractivity contribution is 7.82.